The maximum Gasteiger partial charge on any atom is 0.0669 e. The van der Waals surface area contributed by atoms with Crippen LogP contribution in [0.1, 0.15) is 11.1 Å². The van der Waals surface area contributed by atoms with Crippen molar-refractivity contribution in [3.8, 4) is 17.2 Å². The summed E-state index contributed by atoms with van der Waals surface area (Å²) >= 11 is 6.07. The van der Waals surface area contributed by atoms with Crippen LogP contribution >= 0.6 is 11.6 Å². The third-order valence-corrected chi connectivity index (χ3v) is 2.81. The fourth-order valence-corrected chi connectivity index (χ4v) is 2.09. The number of halogens is 1. The number of nitriles is 1. The Hall–Kier alpha value is -1.78. The zero-order valence-corrected chi connectivity index (χ0v) is 10.3. The highest BCUT2D eigenvalue weighted by atomic mass is 35.5. The fourth-order valence-electron chi connectivity index (χ4n) is 1.84. The molecule has 17 heavy (non-hydrogen) atoms. The Morgan fingerprint density at radius 1 is 1.12 bits per heavy atom. The maximum absolute atomic E-state index is 8.72. The Morgan fingerprint density at radius 2 is 1.94 bits per heavy atom. The molecule has 84 valence electrons. The number of nitrogens with zero attached hydrogens (tertiary/aromatic N) is 1. The summed E-state index contributed by atoms with van der Waals surface area (Å²) in [6.07, 6.45) is 0.388. The van der Waals surface area contributed by atoms with E-state index in [4.69, 9.17) is 16.9 Å². The van der Waals surface area contributed by atoms with Crippen LogP contribution in [0.4, 0.5) is 0 Å². The zero-order valence-electron chi connectivity index (χ0n) is 9.57. The summed E-state index contributed by atoms with van der Waals surface area (Å²) in [6.45, 7) is 2.06. The zero-order chi connectivity index (χ0) is 12.3. The van der Waals surface area contributed by atoms with Gasteiger partial charge in [0.1, 0.15) is 0 Å². The molecule has 0 bridgehead atoms. The van der Waals surface area contributed by atoms with E-state index in [1.54, 1.807) is 0 Å². The second kappa shape index (κ2) is 5.03. The topological polar surface area (TPSA) is 23.8 Å². The minimum absolute atomic E-state index is 0.388. The van der Waals surface area contributed by atoms with Gasteiger partial charge >= 0.3 is 0 Å². The van der Waals surface area contributed by atoms with Crippen LogP contribution in [0.5, 0.6) is 0 Å². The van der Waals surface area contributed by atoms with Gasteiger partial charge in [0, 0.05) is 5.02 Å². The number of hydrogen-bond donors (Lipinski definition) is 0. The molecule has 2 aromatic carbocycles. The van der Waals surface area contributed by atoms with Gasteiger partial charge in [0.2, 0.25) is 0 Å². The summed E-state index contributed by atoms with van der Waals surface area (Å²) in [4.78, 5) is 0. The first-order valence-electron chi connectivity index (χ1n) is 5.42. The lowest BCUT2D eigenvalue weighted by Crippen LogP contribution is -1.85. The molecule has 0 saturated heterocycles. The minimum atomic E-state index is 0.388. The molecule has 0 unspecified atom stereocenters. The molecule has 0 saturated carbocycles. The quantitative estimate of drug-likeness (QED) is 0.765. The normalized spacial score (nSPS) is 9.94. The average molecular weight is 242 g/mol. The molecule has 2 aromatic rings. The number of hydrogen-bond acceptors (Lipinski definition) is 1. The second-order valence-electron chi connectivity index (χ2n) is 4.05. The van der Waals surface area contributed by atoms with Crippen molar-refractivity contribution in [1.82, 2.24) is 0 Å². The van der Waals surface area contributed by atoms with E-state index < -0.39 is 0 Å². The van der Waals surface area contributed by atoms with Gasteiger partial charge in [-0.1, -0.05) is 47.5 Å². The molecule has 0 radical (unpaired) electrons. The molecular formula is C15H12ClN. The average Bonchev–Trinajstić information content (AvgIpc) is 2.28. The van der Waals surface area contributed by atoms with Gasteiger partial charge in [-0.2, -0.15) is 5.26 Å². The van der Waals surface area contributed by atoms with Crippen molar-refractivity contribution in [3.63, 3.8) is 0 Å². The lowest BCUT2D eigenvalue weighted by Gasteiger charge is -2.06. The summed E-state index contributed by atoms with van der Waals surface area (Å²) in [6, 6.07) is 16.2. The van der Waals surface area contributed by atoms with Crippen molar-refractivity contribution in [1.29, 1.82) is 5.26 Å². The highest BCUT2D eigenvalue weighted by Gasteiger charge is 2.02. The molecular weight excluding hydrogens is 230 g/mol. The Balaban J connectivity index is 2.49. The summed E-state index contributed by atoms with van der Waals surface area (Å²) in [7, 11) is 0. The van der Waals surface area contributed by atoms with E-state index in [1.807, 2.05) is 24.3 Å². The smallest absolute Gasteiger partial charge is 0.0669 e. The van der Waals surface area contributed by atoms with E-state index in [0.29, 0.717) is 11.4 Å². The molecule has 2 rings (SSSR count). The first-order valence-corrected chi connectivity index (χ1v) is 5.80. The van der Waals surface area contributed by atoms with Crippen LogP contribution in [0, 0.1) is 18.3 Å². The first kappa shape index (κ1) is 11.7. The summed E-state index contributed by atoms with van der Waals surface area (Å²) in [5.41, 5.74) is 4.36. The molecule has 0 aliphatic rings. The lowest BCUT2D eigenvalue weighted by molar-refractivity contribution is 1.26. The molecule has 0 aromatic heterocycles. The van der Waals surface area contributed by atoms with Crippen molar-refractivity contribution < 1.29 is 0 Å². The summed E-state index contributed by atoms with van der Waals surface area (Å²) in [5, 5.41) is 9.40. The highest BCUT2D eigenvalue weighted by molar-refractivity contribution is 6.31. The van der Waals surface area contributed by atoms with Crippen molar-refractivity contribution in [3.05, 3.63) is 58.6 Å². The van der Waals surface area contributed by atoms with E-state index in [9.17, 15) is 0 Å². The number of benzene rings is 2. The Labute approximate surface area is 106 Å². The maximum atomic E-state index is 8.72. The van der Waals surface area contributed by atoms with Gasteiger partial charge < -0.3 is 0 Å². The molecule has 0 heterocycles. The summed E-state index contributed by atoms with van der Waals surface area (Å²) in [5.74, 6) is 0. The van der Waals surface area contributed by atoms with Crippen LogP contribution in [-0.4, -0.2) is 0 Å². The van der Waals surface area contributed by atoms with Crippen LogP contribution in [0.25, 0.3) is 11.1 Å². The van der Waals surface area contributed by atoms with Gasteiger partial charge in [-0.3, -0.25) is 0 Å². The SMILES string of the molecule is Cc1cccc(-c2cc(Cl)cc(CC#N)c2)c1. The first-order chi connectivity index (χ1) is 8.19. The lowest BCUT2D eigenvalue weighted by atomic mass is 10.0. The van der Waals surface area contributed by atoms with Crippen LogP contribution in [-0.2, 0) is 6.42 Å². The molecule has 0 fully saturated rings. The molecule has 0 spiro atoms. The van der Waals surface area contributed by atoms with Gasteiger partial charge in [0.05, 0.1) is 12.5 Å². The summed E-state index contributed by atoms with van der Waals surface area (Å²) < 4.78 is 0. The predicted molar refractivity (Wildman–Crippen MR) is 70.9 cm³/mol. The van der Waals surface area contributed by atoms with Gasteiger partial charge in [-0.25, -0.2) is 0 Å². The van der Waals surface area contributed by atoms with E-state index in [2.05, 4.69) is 31.2 Å². The van der Waals surface area contributed by atoms with Crippen LogP contribution < -0.4 is 0 Å². The van der Waals surface area contributed by atoms with Gasteiger partial charge in [-0.05, 0) is 35.7 Å². The van der Waals surface area contributed by atoms with Crippen molar-refractivity contribution in [2.75, 3.05) is 0 Å². The molecule has 1 nitrogen and oxygen atoms in total. The standard InChI is InChI=1S/C15H12ClN/c1-11-3-2-4-13(7-11)14-8-12(5-6-17)9-15(16)10-14/h2-4,7-10H,5H2,1H3. The van der Waals surface area contributed by atoms with Crippen LogP contribution in [0.15, 0.2) is 42.5 Å². The van der Waals surface area contributed by atoms with Gasteiger partial charge in [0.15, 0.2) is 0 Å². The molecule has 0 aliphatic heterocycles. The molecule has 0 atom stereocenters. The number of rotatable bonds is 2. The van der Waals surface area contributed by atoms with Gasteiger partial charge in [0.25, 0.3) is 0 Å². The van der Waals surface area contributed by atoms with E-state index in [0.717, 1.165) is 16.7 Å². The minimum Gasteiger partial charge on any atom is -0.198 e. The molecule has 0 aliphatic carbocycles. The predicted octanol–water partition coefficient (Wildman–Crippen LogP) is 4.38. The van der Waals surface area contributed by atoms with Crippen LogP contribution in [0.2, 0.25) is 5.02 Å². The Kier molecular flexibility index (Phi) is 3.46. The molecule has 0 N–H and O–H groups in total. The van der Waals surface area contributed by atoms with Gasteiger partial charge in [-0.15, -0.1) is 0 Å². The van der Waals surface area contributed by atoms with Crippen molar-refractivity contribution >= 4 is 11.6 Å². The number of aryl methyl sites for hydroxylation is 1. The van der Waals surface area contributed by atoms with Crippen molar-refractivity contribution in [2.24, 2.45) is 0 Å². The Morgan fingerprint density at radius 3 is 2.65 bits per heavy atom. The largest absolute Gasteiger partial charge is 0.198 e. The Bertz CT molecular complexity index is 582. The fraction of sp³-hybridized carbons (Fsp3) is 0.133. The van der Waals surface area contributed by atoms with E-state index in [-0.39, 0.29) is 0 Å². The highest BCUT2D eigenvalue weighted by Crippen LogP contribution is 2.25. The van der Waals surface area contributed by atoms with Crippen LogP contribution in [0.3, 0.4) is 0 Å². The van der Waals surface area contributed by atoms with Crippen molar-refractivity contribution in [2.45, 2.75) is 13.3 Å². The third-order valence-electron chi connectivity index (χ3n) is 2.59. The third kappa shape index (κ3) is 2.87. The second-order valence-corrected chi connectivity index (χ2v) is 4.49. The molecule has 0 amide bonds. The monoisotopic (exact) mass is 241 g/mol. The van der Waals surface area contributed by atoms with E-state index in [1.165, 1.54) is 5.56 Å². The van der Waals surface area contributed by atoms with E-state index >= 15 is 0 Å². The molecule has 2 heteroatoms.